The van der Waals surface area contributed by atoms with Gasteiger partial charge in [0.25, 0.3) is 0 Å². The first-order valence-corrected chi connectivity index (χ1v) is 3.81. The molecule has 0 radical (unpaired) electrons. The summed E-state index contributed by atoms with van der Waals surface area (Å²) in [6, 6.07) is 0. The molecule has 0 amide bonds. The lowest BCUT2D eigenvalue weighted by molar-refractivity contribution is -0.0298. The van der Waals surface area contributed by atoms with Crippen LogP contribution >= 0.6 is 15.9 Å². The number of alkyl halides is 3. The van der Waals surface area contributed by atoms with E-state index in [9.17, 15) is 8.78 Å². The molecule has 1 heterocycles. The number of aromatic nitrogens is 2. The van der Waals surface area contributed by atoms with E-state index in [4.69, 9.17) is 5.11 Å². The van der Waals surface area contributed by atoms with Crippen molar-refractivity contribution in [2.75, 3.05) is 0 Å². The van der Waals surface area contributed by atoms with Gasteiger partial charge in [-0.1, -0.05) is 0 Å². The lowest BCUT2D eigenvalue weighted by Crippen LogP contribution is -2.18. The molecule has 1 N–H and O–H groups in total. The van der Waals surface area contributed by atoms with Crippen molar-refractivity contribution in [2.24, 2.45) is 0 Å². The number of hydrogen-bond donors (Lipinski definition) is 1. The van der Waals surface area contributed by atoms with Crippen LogP contribution in [-0.4, -0.2) is 19.9 Å². The predicted molar refractivity (Wildman–Crippen MR) is 40.9 cm³/mol. The molecule has 12 heavy (non-hydrogen) atoms. The number of hydrogen-bond acceptors (Lipinski definition) is 3. The van der Waals surface area contributed by atoms with Crippen molar-refractivity contribution in [1.82, 2.24) is 9.97 Å². The zero-order valence-corrected chi connectivity index (χ0v) is 7.37. The van der Waals surface area contributed by atoms with Crippen molar-refractivity contribution >= 4 is 15.9 Å². The third-order valence-corrected chi connectivity index (χ3v) is 1.64. The molecule has 0 saturated heterocycles. The number of rotatable bonds is 2. The maximum absolute atomic E-state index is 12.4. The Morgan fingerprint density at radius 3 is 2.33 bits per heavy atom. The summed E-state index contributed by atoms with van der Waals surface area (Å²) in [6.45, 7) is 0. The number of aliphatic hydroxyl groups is 1. The van der Waals surface area contributed by atoms with Crippen LogP contribution in [0.5, 0.6) is 0 Å². The van der Waals surface area contributed by atoms with Crippen LogP contribution in [0.4, 0.5) is 8.78 Å². The molecular formula is C6H5BrF2N2O. The molecule has 1 atom stereocenters. The van der Waals surface area contributed by atoms with Gasteiger partial charge in [-0.2, -0.15) is 8.78 Å². The molecule has 0 aliphatic carbocycles. The Kier molecular flexibility index (Phi) is 2.69. The normalized spacial score (nSPS) is 14.3. The highest BCUT2D eigenvalue weighted by molar-refractivity contribution is 9.10. The summed E-state index contributed by atoms with van der Waals surface area (Å²) in [6.07, 6.45) is 1.54. The fourth-order valence-electron chi connectivity index (χ4n) is 0.641. The molecule has 1 aromatic rings. The molecule has 0 aliphatic heterocycles. The van der Waals surface area contributed by atoms with Gasteiger partial charge in [0.05, 0.1) is 0 Å². The van der Waals surface area contributed by atoms with Crippen LogP contribution in [0.25, 0.3) is 0 Å². The van der Waals surface area contributed by atoms with Gasteiger partial charge in [0.15, 0.2) is 6.10 Å². The van der Waals surface area contributed by atoms with E-state index in [1.807, 2.05) is 15.9 Å². The molecule has 1 rings (SSSR count). The van der Waals surface area contributed by atoms with E-state index in [-0.39, 0.29) is 5.56 Å². The van der Waals surface area contributed by atoms with Crippen LogP contribution in [0.3, 0.4) is 0 Å². The highest BCUT2D eigenvalue weighted by Crippen LogP contribution is 2.35. The lowest BCUT2D eigenvalue weighted by atomic mass is 10.2. The minimum atomic E-state index is -3.35. The van der Waals surface area contributed by atoms with Crippen LogP contribution in [0.2, 0.25) is 0 Å². The topological polar surface area (TPSA) is 46.0 Å². The summed E-state index contributed by atoms with van der Waals surface area (Å²) in [4.78, 5) is 3.64. The molecule has 3 nitrogen and oxygen atoms in total. The van der Waals surface area contributed by atoms with Gasteiger partial charge in [0, 0.05) is 18.0 Å². The van der Waals surface area contributed by atoms with Crippen LogP contribution in [0, 0.1) is 0 Å². The van der Waals surface area contributed by atoms with Gasteiger partial charge in [-0.15, -0.1) is 0 Å². The van der Waals surface area contributed by atoms with Crippen LogP contribution in [-0.2, 0) is 0 Å². The molecule has 0 aliphatic rings. The van der Waals surface area contributed by atoms with Crippen molar-refractivity contribution < 1.29 is 13.9 Å². The zero-order chi connectivity index (χ0) is 9.19. The highest BCUT2D eigenvalue weighted by Gasteiger charge is 2.36. The van der Waals surface area contributed by atoms with Crippen molar-refractivity contribution in [3.05, 3.63) is 24.3 Å². The summed E-state index contributed by atoms with van der Waals surface area (Å²) in [7, 11) is 0. The van der Waals surface area contributed by atoms with Gasteiger partial charge in [0.1, 0.15) is 6.33 Å². The quantitative estimate of drug-likeness (QED) is 0.795. The van der Waals surface area contributed by atoms with Crippen molar-refractivity contribution in [3.63, 3.8) is 0 Å². The van der Waals surface area contributed by atoms with E-state index >= 15 is 0 Å². The summed E-state index contributed by atoms with van der Waals surface area (Å²) < 4.78 is 24.8. The minimum Gasteiger partial charge on any atom is -0.381 e. The Morgan fingerprint density at radius 2 is 1.92 bits per heavy atom. The molecule has 0 bridgehead atoms. The number of nitrogens with zero attached hydrogens (tertiary/aromatic N) is 2. The SMILES string of the molecule is OC(c1cncnc1)C(F)(F)Br. The van der Waals surface area contributed by atoms with E-state index in [0.717, 1.165) is 12.4 Å². The van der Waals surface area contributed by atoms with Gasteiger partial charge < -0.3 is 5.11 Å². The van der Waals surface area contributed by atoms with E-state index in [1.165, 1.54) is 6.33 Å². The Bertz CT molecular complexity index is 251. The van der Waals surface area contributed by atoms with Gasteiger partial charge in [-0.05, 0) is 15.9 Å². The second kappa shape index (κ2) is 3.40. The molecule has 0 saturated carbocycles. The van der Waals surface area contributed by atoms with Crippen molar-refractivity contribution in [1.29, 1.82) is 0 Å². The summed E-state index contributed by atoms with van der Waals surface area (Å²) >= 11 is 2.04. The van der Waals surface area contributed by atoms with Crippen LogP contribution in [0.1, 0.15) is 11.7 Å². The molecule has 66 valence electrons. The van der Waals surface area contributed by atoms with Crippen molar-refractivity contribution in [2.45, 2.75) is 10.9 Å². The molecule has 0 spiro atoms. The minimum absolute atomic E-state index is 0.0284. The van der Waals surface area contributed by atoms with Crippen LogP contribution in [0.15, 0.2) is 18.7 Å². The van der Waals surface area contributed by atoms with Gasteiger partial charge in [-0.3, -0.25) is 0 Å². The maximum atomic E-state index is 12.4. The van der Waals surface area contributed by atoms with E-state index in [2.05, 4.69) is 9.97 Å². The maximum Gasteiger partial charge on any atom is 0.330 e. The lowest BCUT2D eigenvalue weighted by Gasteiger charge is -2.15. The standard InChI is InChI=1S/C6H5BrF2N2O/c7-6(8,9)5(12)4-1-10-3-11-2-4/h1-3,5,12H. The molecule has 6 heteroatoms. The monoisotopic (exact) mass is 238 g/mol. The fourth-order valence-corrected chi connectivity index (χ4v) is 0.905. The fraction of sp³-hybridized carbons (Fsp3) is 0.333. The summed E-state index contributed by atoms with van der Waals surface area (Å²) in [5.74, 6) is 0. The molecule has 0 aromatic carbocycles. The third-order valence-electron chi connectivity index (χ3n) is 1.21. The van der Waals surface area contributed by atoms with Gasteiger partial charge >= 0.3 is 4.83 Å². The Labute approximate surface area is 75.6 Å². The summed E-state index contributed by atoms with van der Waals surface area (Å²) in [5.41, 5.74) is -0.0284. The smallest absolute Gasteiger partial charge is 0.330 e. The van der Waals surface area contributed by atoms with Crippen molar-refractivity contribution in [3.8, 4) is 0 Å². The molecular weight excluding hydrogens is 234 g/mol. The Balaban J connectivity index is 2.86. The van der Waals surface area contributed by atoms with E-state index < -0.39 is 10.9 Å². The first-order valence-electron chi connectivity index (χ1n) is 3.01. The average molecular weight is 239 g/mol. The van der Waals surface area contributed by atoms with Gasteiger partial charge in [0.2, 0.25) is 0 Å². The third kappa shape index (κ3) is 2.18. The van der Waals surface area contributed by atoms with E-state index in [0.29, 0.717) is 0 Å². The molecule has 0 fully saturated rings. The first-order chi connectivity index (χ1) is 5.52. The number of halogens is 3. The second-order valence-electron chi connectivity index (χ2n) is 2.12. The zero-order valence-electron chi connectivity index (χ0n) is 5.78. The number of aliphatic hydroxyl groups excluding tert-OH is 1. The van der Waals surface area contributed by atoms with E-state index in [1.54, 1.807) is 0 Å². The Morgan fingerprint density at radius 1 is 1.42 bits per heavy atom. The van der Waals surface area contributed by atoms with Gasteiger partial charge in [-0.25, -0.2) is 9.97 Å². The second-order valence-corrected chi connectivity index (χ2v) is 3.17. The predicted octanol–water partition coefficient (Wildman–Crippen LogP) is 1.50. The first kappa shape index (κ1) is 9.47. The highest BCUT2D eigenvalue weighted by atomic mass is 79.9. The Hall–Kier alpha value is -0.620. The molecule has 1 aromatic heterocycles. The summed E-state index contributed by atoms with van der Waals surface area (Å²) in [5, 5.41) is 8.98. The average Bonchev–Trinajstić information content (AvgIpc) is 2.03. The molecule has 1 unspecified atom stereocenters. The van der Waals surface area contributed by atoms with Crippen LogP contribution < -0.4 is 0 Å². The largest absolute Gasteiger partial charge is 0.381 e.